The number of methoxy groups -OCH3 is 1. The van der Waals surface area contributed by atoms with Gasteiger partial charge in [-0.15, -0.1) is 0 Å². The Morgan fingerprint density at radius 2 is 1.68 bits per heavy atom. The molecule has 0 atom stereocenters. The van der Waals surface area contributed by atoms with Gasteiger partial charge >= 0.3 is 0 Å². The highest BCUT2D eigenvalue weighted by atomic mass is 32.1. The highest BCUT2D eigenvalue weighted by Gasteiger charge is 2.12. The first kappa shape index (κ1) is 21.9. The van der Waals surface area contributed by atoms with Crippen LogP contribution in [0.2, 0.25) is 0 Å². The smallest absolute Gasteiger partial charge is 0.210 e. The zero-order valence-electron chi connectivity index (χ0n) is 19.2. The lowest BCUT2D eigenvalue weighted by molar-refractivity contribution is 0.340. The Labute approximate surface area is 202 Å². The summed E-state index contributed by atoms with van der Waals surface area (Å²) in [5.74, 6) is 2.29. The van der Waals surface area contributed by atoms with Crippen LogP contribution in [0.15, 0.2) is 88.3 Å². The Morgan fingerprint density at radius 3 is 2.41 bits per heavy atom. The topological polar surface area (TPSA) is 56.9 Å². The van der Waals surface area contributed by atoms with E-state index in [0.29, 0.717) is 11.7 Å². The van der Waals surface area contributed by atoms with Gasteiger partial charge in [0.05, 0.1) is 24.8 Å². The molecule has 0 fully saturated rings. The Hall–Kier alpha value is -3.90. The maximum Gasteiger partial charge on any atom is 0.210 e. The van der Waals surface area contributed by atoms with Gasteiger partial charge in [0.25, 0.3) is 0 Å². The molecule has 170 valence electrons. The van der Waals surface area contributed by atoms with Crippen LogP contribution in [-0.4, -0.2) is 18.7 Å². The molecule has 0 radical (unpaired) electrons. The van der Waals surface area contributed by atoms with Gasteiger partial charge < -0.3 is 13.9 Å². The fraction of sp³-hybridized carbons (Fsp3) is 0.143. The molecule has 0 N–H and O–H groups in total. The number of benzene rings is 3. The summed E-state index contributed by atoms with van der Waals surface area (Å²) in [4.78, 5) is 10.9. The molecule has 5 aromatic rings. The highest BCUT2D eigenvalue weighted by molar-refractivity contribution is 7.15. The third kappa shape index (κ3) is 4.45. The van der Waals surface area contributed by atoms with Crippen LogP contribution in [-0.2, 0) is 0 Å². The van der Waals surface area contributed by atoms with Crippen molar-refractivity contribution in [2.45, 2.75) is 13.8 Å². The summed E-state index contributed by atoms with van der Waals surface area (Å²) < 4.78 is 17.3. The van der Waals surface area contributed by atoms with Gasteiger partial charge in [0.2, 0.25) is 5.13 Å². The minimum atomic E-state index is 0.588. The molecule has 0 unspecified atom stereocenters. The fourth-order valence-corrected chi connectivity index (χ4v) is 4.61. The van der Waals surface area contributed by atoms with Crippen molar-refractivity contribution in [3.63, 3.8) is 0 Å². The summed E-state index contributed by atoms with van der Waals surface area (Å²) >= 11 is 1.58. The van der Waals surface area contributed by atoms with E-state index in [-0.39, 0.29) is 0 Å². The molecule has 0 spiro atoms. The van der Waals surface area contributed by atoms with Gasteiger partial charge in [-0.05, 0) is 56.3 Å². The zero-order valence-corrected chi connectivity index (χ0v) is 20.1. The molecule has 5 rings (SSSR count). The van der Waals surface area contributed by atoms with Gasteiger partial charge in [-0.1, -0.05) is 41.7 Å². The van der Waals surface area contributed by atoms with Gasteiger partial charge in [-0.25, -0.2) is 9.98 Å². The van der Waals surface area contributed by atoms with Crippen LogP contribution in [0.3, 0.4) is 0 Å². The SMILES string of the molecule is CCOc1ccc2oc(-c3ccc(OC)cc3)c/c(=N\c3nc(-c4ccccc4)c(C)s3)c2c1. The second kappa shape index (κ2) is 9.53. The van der Waals surface area contributed by atoms with E-state index in [1.165, 1.54) is 0 Å². The van der Waals surface area contributed by atoms with E-state index >= 15 is 0 Å². The van der Waals surface area contributed by atoms with Gasteiger partial charge in [0, 0.05) is 27.5 Å². The summed E-state index contributed by atoms with van der Waals surface area (Å²) in [6.45, 7) is 4.63. The minimum Gasteiger partial charge on any atom is -0.497 e. The van der Waals surface area contributed by atoms with Gasteiger partial charge in [0.1, 0.15) is 22.8 Å². The number of nitrogens with zero attached hydrogens (tertiary/aromatic N) is 2. The molecule has 2 heterocycles. The lowest BCUT2D eigenvalue weighted by Crippen LogP contribution is -2.04. The van der Waals surface area contributed by atoms with Gasteiger partial charge in [-0.3, -0.25) is 0 Å². The van der Waals surface area contributed by atoms with Crippen LogP contribution in [0.4, 0.5) is 5.13 Å². The van der Waals surface area contributed by atoms with E-state index < -0.39 is 0 Å². The monoisotopic (exact) mass is 468 g/mol. The number of hydrogen-bond acceptors (Lipinski definition) is 6. The predicted octanol–water partition coefficient (Wildman–Crippen LogP) is 7.17. The van der Waals surface area contributed by atoms with Crippen LogP contribution in [0.1, 0.15) is 11.8 Å². The van der Waals surface area contributed by atoms with E-state index in [1.54, 1.807) is 18.4 Å². The molecule has 0 aliphatic rings. The van der Waals surface area contributed by atoms with Crippen molar-refractivity contribution in [2.75, 3.05) is 13.7 Å². The van der Waals surface area contributed by atoms with Crippen LogP contribution >= 0.6 is 11.3 Å². The molecule has 0 saturated heterocycles. The number of rotatable bonds is 6. The molecular formula is C28H24N2O3S. The maximum atomic E-state index is 6.26. The van der Waals surface area contributed by atoms with Crippen LogP contribution in [0.25, 0.3) is 33.6 Å². The van der Waals surface area contributed by atoms with Crippen molar-refractivity contribution < 1.29 is 13.9 Å². The summed E-state index contributed by atoms with van der Waals surface area (Å²) in [6, 6.07) is 25.7. The summed E-state index contributed by atoms with van der Waals surface area (Å²) in [5.41, 5.74) is 3.71. The Balaban J connectivity index is 1.68. The van der Waals surface area contributed by atoms with Crippen LogP contribution in [0, 0.1) is 6.92 Å². The average molecular weight is 469 g/mol. The number of aromatic nitrogens is 1. The van der Waals surface area contributed by atoms with Crippen molar-refractivity contribution in [3.05, 3.63) is 89.1 Å². The minimum absolute atomic E-state index is 0.588. The van der Waals surface area contributed by atoms with Gasteiger partial charge in [-0.2, -0.15) is 0 Å². The molecule has 0 aliphatic carbocycles. The average Bonchev–Trinajstić information content (AvgIpc) is 3.24. The van der Waals surface area contributed by atoms with E-state index in [2.05, 4.69) is 19.1 Å². The molecular weight excluding hydrogens is 444 g/mol. The third-order valence-corrected chi connectivity index (χ3v) is 6.31. The van der Waals surface area contributed by atoms with Crippen molar-refractivity contribution in [1.82, 2.24) is 4.98 Å². The Bertz CT molecular complexity index is 1500. The lowest BCUT2D eigenvalue weighted by Gasteiger charge is -2.08. The Morgan fingerprint density at radius 1 is 0.912 bits per heavy atom. The molecule has 0 saturated carbocycles. The van der Waals surface area contributed by atoms with Crippen molar-refractivity contribution in [1.29, 1.82) is 0 Å². The normalized spacial score (nSPS) is 11.7. The number of aryl methyl sites for hydroxylation is 1. The fourth-order valence-electron chi connectivity index (χ4n) is 3.79. The van der Waals surface area contributed by atoms with Gasteiger partial charge in [0.15, 0.2) is 0 Å². The molecule has 0 bridgehead atoms. The standard InChI is InChI=1S/C28H24N2O3S/c1-4-32-22-14-15-25-23(16-22)24(17-26(33-25)19-10-12-21(31-3)13-11-19)29-28-30-27(18(2)34-28)20-8-6-5-7-9-20/h5-17H,4H2,1-3H3/b29-24+. The predicted molar refractivity (Wildman–Crippen MR) is 137 cm³/mol. The molecule has 0 aliphatic heterocycles. The molecule has 0 amide bonds. The molecule has 2 aromatic heterocycles. The summed E-state index contributed by atoms with van der Waals surface area (Å²) in [5, 5.41) is 2.35. The second-order valence-electron chi connectivity index (χ2n) is 7.69. The second-order valence-corrected chi connectivity index (χ2v) is 8.88. The largest absolute Gasteiger partial charge is 0.497 e. The van der Waals surface area contributed by atoms with Crippen LogP contribution in [0.5, 0.6) is 11.5 Å². The van der Waals surface area contributed by atoms with E-state index in [4.69, 9.17) is 23.9 Å². The molecule has 6 heteroatoms. The van der Waals surface area contributed by atoms with Crippen molar-refractivity contribution >= 4 is 27.4 Å². The third-order valence-electron chi connectivity index (χ3n) is 5.45. The molecule has 34 heavy (non-hydrogen) atoms. The summed E-state index contributed by atoms with van der Waals surface area (Å²) in [7, 11) is 1.65. The van der Waals surface area contributed by atoms with E-state index in [0.717, 1.165) is 55.3 Å². The van der Waals surface area contributed by atoms with Crippen molar-refractivity contribution in [3.8, 4) is 34.1 Å². The first-order valence-corrected chi connectivity index (χ1v) is 11.9. The zero-order chi connectivity index (χ0) is 23.5. The molecule has 5 nitrogen and oxygen atoms in total. The number of fused-ring (bicyclic) bond motifs is 1. The van der Waals surface area contributed by atoms with E-state index in [1.807, 2.05) is 73.7 Å². The number of hydrogen-bond donors (Lipinski definition) is 0. The quantitative estimate of drug-likeness (QED) is 0.265. The maximum absolute atomic E-state index is 6.26. The first-order chi connectivity index (χ1) is 16.6. The number of ether oxygens (including phenoxy) is 2. The Kier molecular flexibility index (Phi) is 6.14. The summed E-state index contributed by atoms with van der Waals surface area (Å²) in [6.07, 6.45) is 0. The van der Waals surface area contributed by atoms with E-state index in [9.17, 15) is 0 Å². The van der Waals surface area contributed by atoms with Crippen LogP contribution < -0.4 is 14.8 Å². The highest BCUT2D eigenvalue weighted by Crippen LogP contribution is 2.32. The van der Waals surface area contributed by atoms with Crippen molar-refractivity contribution in [2.24, 2.45) is 4.99 Å². The molecule has 3 aromatic carbocycles. The lowest BCUT2D eigenvalue weighted by atomic mass is 10.1. The number of thiazole rings is 1. The first-order valence-electron chi connectivity index (χ1n) is 11.1.